The molecule has 0 spiro atoms. The summed E-state index contributed by atoms with van der Waals surface area (Å²) in [6, 6.07) is 60.2. The number of aromatic nitrogens is 1. The number of hydrogen-bond donors (Lipinski definition) is 0. The SMILES string of the molecule is CCCC(Cc1ccccc1)c1ccc(-c2ccc(-c3ccc4c(c3)c3cc5ccccc5cc3n4-c3ccccc3)cc2)cc1. The van der Waals surface area contributed by atoms with Gasteiger partial charge in [-0.15, -0.1) is 0 Å². The van der Waals surface area contributed by atoms with Crippen molar-refractivity contribution < 1.29 is 0 Å². The zero-order chi connectivity index (χ0) is 30.9. The quantitative estimate of drug-likeness (QED) is 0.166. The van der Waals surface area contributed by atoms with E-state index < -0.39 is 0 Å². The summed E-state index contributed by atoms with van der Waals surface area (Å²) in [5, 5.41) is 5.09. The van der Waals surface area contributed by atoms with Crippen LogP contribution in [0, 0.1) is 0 Å². The minimum atomic E-state index is 0.546. The van der Waals surface area contributed by atoms with Gasteiger partial charge in [-0.1, -0.05) is 141 Å². The molecule has 0 saturated carbocycles. The van der Waals surface area contributed by atoms with E-state index in [0.29, 0.717) is 5.92 Å². The Morgan fingerprint density at radius 3 is 1.70 bits per heavy atom. The fraction of sp³-hybridized carbons (Fsp3) is 0.111. The minimum Gasteiger partial charge on any atom is -0.309 e. The summed E-state index contributed by atoms with van der Waals surface area (Å²) in [7, 11) is 0. The number of nitrogens with zero attached hydrogens (tertiary/aromatic N) is 1. The molecule has 8 aromatic rings. The van der Waals surface area contributed by atoms with Crippen LogP contribution in [0.2, 0.25) is 0 Å². The van der Waals surface area contributed by atoms with Crippen molar-refractivity contribution in [2.24, 2.45) is 0 Å². The van der Waals surface area contributed by atoms with Crippen LogP contribution in [0.15, 0.2) is 164 Å². The van der Waals surface area contributed by atoms with Gasteiger partial charge in [-0.25, -0.2) is 0 Å². The molecule has 0 bridgehead atoms. The van der Waals surface area contributed by atoms with Gasteiger partial charge in [0, 0.05) is 16.5 Å². The number of rotatable bonds is 8. The molecule has 0 radical (unpaired) electrons. The average molecular weight is 592 g/mol. The first kappa shape index (κ1) is 28.1. The molecular formula is C45H37N. The van der Waals surface area contributed by atoms with E-state index in [4.69, 9.17) is 0 Å². The molecule has 1 heterocycles. The Kier molecular flexibility index (Phi) is 7.44. The van der Waals surface area contributed by atoms with Crippen molar-refractivity contribution in [3.63, 3.8) is 0 Å². The predicted molar refractivity (Wildman–Crippen MR) is 197 cm³/mol. The molecule has 0 aliphatic rings. The van der Waals surface area contributed by atoms with Crippen LogP contribution >= 0.6 is 0 Å². The van der Waals surface area contributed by atoms with Crippen LogP contribution in [-0.2, 0) is 6.42 Å². The van der Waals surface area contributed by atoms with Gasteiger partial charge in [0.1, 0.15) is 0 Å². The smallest absolute Gasteiger partial charge is 0.0547 e. The van der Waals surface area contributed by atoms with Crippen LogP contribution in [0.4, 0.5) is 0 Å². The van der Waals surface area contributed by atoms with E-state index in [0.717, 1.165) is 6.42 Å². The second kappa shape index (κ2) is 12.2. The van der Waals surface area contributed by atoms with E-state index in [1.807, 2.05) is 0 Å². The van der Waals surface area contributed by atoms with Crippen molar-refractivity contribution in [2.75, 3.05) is 0 Å². The van der Waals surface area contributed by atoms with Crippen LogP contribution < -0.4 is 0 Å². The third-order valence-electron chi connectivity index (χ3n) is 9.54. The van der Waals surface area contributed by atoms with Crippen LogP contribution in [0.25, 0.3) is 60.5 Å². The maximum absolute atomic E-state index is 2.40. The summed E-state index contributed by atoms with van der Waals surface area (Å²) in [6.45, 7) is 2.29. The summed E-state index contributed by atoms with van der Waals surface area (Å²) in [5.41, 5.74) is 11.5. The second-order valence-corrected chi connectivity index (χ2v) is 12.5. The third-order valence-corrected chi connectivity index (χ3v) is 9.54. The first-order chi connectivity index (χ1) is 22.7. The number of para-hydroxylation sites is 1. The van der Waals surface area contributed by atoms with Crippen molar-refractivity contribution in [1.29, 1.82) is 0 Å². The topological polar surface area (TPSA) is 4.93 Å². The van der Waals surface area contributed by atoms with Crippen LogP contribution in [0.5, 0.6) is 0 Å². The van der Waals surface area contributed by atoms with Crippen LogP contribution in [0.3, 0.4) is 0 Å². The molecule has 1 heteroatoms. The molecule has 1 atom stereocenters. The second-order valence-electron chi connectivity index (χ2n) is 12.5. The van der Waals surface area contributed by atoms with Gasteiger partial charge in [-0.2, -0.15) is 0 Å². The molecule has 1 nitrogen and oxygen atoms in total. The largest absolute Gasteiger partial charge is 0.309 e. The lowest BCUT2D eigenvalue weighted by Crippen LogP contribution is -2.03. The normalized spacial score (nSPS) is 12.2. The van der Waals surface area contributed by atoms with Gasteiger partial charge in [0.15, 0.2) is 0 Å². The third kappa shape index (κ3) is 5.29. The molecule has 0 N–H and O–H groups in total. The Bertz CT molecular complexity index is 2260. The molecule has 7 aromatic carbocycles. The highest BCUT2D eigenvalue weighted by atomic mass is 15.0. The highest BCUT2D eigenvalue weighted by molar-refractivity contribution is 6.14. The summed E-state index contributed by atoms with van der Waals surface area (Å²) in [6.07, 6.45) is 3.48. The highest BCUT2D eigenvalue weighted by Gasteiger charge is 2.15. The van der Waals surface area contributed by atoms with Crippen molar-refractivity contribution in [2.45, 2.75) is 32.1 Å². The molecule has 0 aliphatic carbocycles. The predicted octanol–water partition coefficient (Wildman–Crippen LogP) is 12.4. The van der Waals surface area contributed by atoms with Gasteiger partial charge >= 0.3 is 0 Å². The average Bonchev–Trinajstić information content (AvgIpc) is 3.44. The van der Waals surface area contributed by atoms with Crippen molar-refractivity contribution in [3.8, 4) is 27.9 Å². The molecule has 0 fully saturated rings. The lowest BCUT2D eigenvalue weighted by atomic mass is 9.87. The van der Waals surface area contributed by atoms with Crippen LogP contribution in [-0.4, -0.2) is 4.57 Å². The summed E-state index contributed by atoms with van der Waals surface area (Å²) >= 11 is 0. The fourth-order valence-electron chi connectivity index (χ4n) is 7.18. The Morgan fingerprint density at radius 2 is 1.02 bits per heavy atom. The van der Waals surface area contributed by atoms with Gasteiger partial charge in [-0.3, -0.25) is 0 Å². The molecule has 0 aliphatic heterocycles. The van der Waals surface area contributed by atoms with Crippen molar-refractivity contribution in [1.82, 2.24) is 4.57 Å². The minimum absolute atomic E-state index is 0.546. The van der Waals surface area contributed by atoms with E-state index in [9.17, 15) is 0 Å². The van der Waals surface area contributed by atoms with Crippen molar-refractivity contribution in [3.05, 3.63) is 175 Å². The molecule has 1 unspecified atom stereocenters. The number of hydrogen-bond acceptors (Lipinski definition) is 0. The summed E-state index contributed by atoms with van der Waals surface area (Å²) < 4.78 is 2.40. The molecule has 46 heavy (non-hydrogen) atoms. The van der Waals surface area contributed by atoms with Gasteiger partial charge in [0.25, 0.3) is 0 Å². The molecule has 1 aromatic heterocycles. The maximum Gasteiger partial charge on any atom is 0.0547 e. The van der Waals surface area contributed by atoms with Gasteiger partial charge < -0.3 is 4.57 Å². The zero-order valence-electron chi connectivity index (χ0n) is 26.2. The van der Waals surface area contributed by atoms with Gasteiger partial charge in [-0.05, 0) is 99.3 Å². The monoisotopic (exact) mass is 591 g/mol. The van der Waals surface area contributed by atoms with E-state index in [1.165, 1.54) is 84.5 Å². The Balaban J connectivity index is 1.12. The Labute approximate surface area is 271 Å². The lowest BCUT2D eigenvalue weighted by molar-refractivity contribution is 0.610. The van der Waals surface area contributed by atoms with Gasteiger partial charge in [0.05, 0.1) is 11.0 Å². The lowest BCUT2D eigenvalue weighted by Gasteiger charge is -2.17. The highest BCUT2D eigenvalue weighted by Crippen LogP contribution is 2.37. The number of benzene rings is 7. The Morgan fingerprint density at radius 1 is 0.478 bits per heavy atom. The van der Waals surface area contributed by atoms with Gasteiger partial charge in [0.2, 0.25) is 0 Å². The Hall–Kier alpha value is -5.40. The standard InChI is InChI=1S/C45H37N/c1-2-11-37(28-32-12-5-3-6-13-32)35-22-18-33(19-23-35)34-20-24-36(25-21-34)40-26-27-44-42(30-40)43-29-38-14-9-10-15-39(38)31-45(43)46(44)41-16-7-4-8-17-41/h3-10,12-27,29-31,37H,2,11,28H2,1H3. The first-order valence-electron chi connectivity index (χ1n) is 16.5. The molecular weight excluding hydrogens is 555 g/mol. The fourth-order valence-corrected chi connectivity index (χ4v) is 7.18. The van der Waals surface area contributed by atoms with E-state index in [-0.39, 0.29) is 0 Å². The summed E-state index contributed by atoms with van der Waals surface area (Å²) in [5.74, 6) is 0.546. The first-order valence-corrected chi connectivity index (χ1v) is 16.5. The number of fused-ring (bicyclic) bond motifs is 4. The molecule has 8 rings (SSSR count). The van der Waals surface area contributed by atoms with Crippen molar-refractivity contribution >= 4 is 32.6 Å². The molecule has 222 valence electrons. The zero-order valence-corrected chi connectivity index (χ0v) is 26.2. The van der Waals surface area contributed by atoms with E-state index in [1.54, 1.807) is 0 Å². The molecule has 0 amide bonds. The van der Waals surface area contributed by atoms with E-state index in [2.05, 4.69) is 175 Å². The van der Waals surface area contributed by atoms with Crippen LogP contribution in [0.1, 0.15) is 36.8 Å². The summed E-state index contributed by atoms with van der Waals surface area (Å²) in [4.78, 5) is 0. The molecule has 0 saturated heterocycles. The van der Waals surface area contributed by atoms with E-state index >= 15 is 0 Å². The maximum atomic E-state index is 2.40.